The maximum absolute atomic E-state index is 15.7. The summed E-state index contributed by atoms with van der Waals surface area (Å²) in [5.74, 6) is -0.820. The van der Waals surface area contributed by atoms with Gasteiger partial charge in [0, 0.05) is 21.9 Å². The van der Waals surface area contributed by atoms with Crippen molar-refractivity contribution >= 4 is 39.3 Å². The summed E-state index contributed by atoms with van der Waals surface area (Å²) in [6.07, 6.45) is 0. The van der Waals surface area contributed by atoms with Gasteiger partial charge in [0.1, 0.15) is 0 Å². The van der Waals surface area contributed by atoms with Crippen molar-refractivity contribution in [2.75, 3.05) is 4.90 Å². The minimum Gasteiger partial charge on any atom is -0.308 e. The Hall–Kier alpha value is -9.10. The number of nitrogens with zero attached hydrogens (tertiary/aromatic N) is 4. The highest BCUT2D eigenvalue weighted by Crippen LogP contribution is 2.47. The average molecular weight is 819 g/mol. The summed E-state index contributed by atoms with van der Waals surface area (Å²) in [7, 11) is 0. The van der Waals surface area contributed by atoms with Crippen molar-refractivity contribution < 1.29 is 9.59 Å². The lowest BCUT2D eigenvalue weighted by Crippen LogP contribution is -2.30. The molecule has 1 aliphatic rings. The number of hydrogen-bond donors (Lipinski definition) is 0. The van der Waals surface area contributed by atoms with E-state index in [1.165, 1.54) is 4.90 Å². The number of carbonyl (C=O) groups excluding carboxylic acids is 2. The largest absolute Gasteiger partial charge is 0.308 e. The number of hydrogen-bond acceptors (Lipinski definition) is 4. The maximum atomic E-state index is 15.7. The second-order valence-corrected chi connectivity index (χ2v) is 15.8. The Kier molecular flexibility index (Phi) is 9.12. The SMILES string of the molecule is N#Cc1ccc(-c2ccc3c4ccc(-c5ccc(C#N)cc5)cc4n(-c4cccc5c4C(=O)N(c4c(-c6ccccc6)cc(-c6ccccc6)cc4-c4ccccc4)C5=O)c3c2)cc1. The van der Waals surface area contributed by atoms with Crippen LogP contribution in [-0.2, 0) is 0 Å². The van der Waals surface area contributed by atoms with E-state index in [9.17, 15) is 10.5 Å². The molecule has 0 saturated heterocycles. The highest BCUT2D eigenvalue weighted by Gasteiger charge is 2.42. The van der Waals surface area contributed by atoms with Crippen molar-refractivity contribution in [3.63, 3.8) is 0 Å². The van der Waals surface area contributed by atoms with E-state index in [1.54, 1.807) is 6.07 Å². The molecule has 0 radical (unpaired) electrons. The molecule has 1 aliphatic heterocycles. The van der Waals surface area contributed by atoms with Crippen LogP contribution in [0, 0.1) is 22.7 Å². The molecule has 0 saturated carbocycles. The van der Waals surface area contributed by atoms with Crippen molar-refractivity contribution in [2.24, 2.45) is 0 Å². The lowest BCUT2D eigenvalue weighted by atomic mass is 9.90. The number of fused-ring (bicyclic) bond motifs is 4. The van der Waals surface area contributed by atoms with Gasteiger partial charge in [0.05, 0.1) is 56.8 Å². The van der Waals surface area contributed by atoms with Gasteiger partial charge in [-0.15, -0.1) is 0 Å². The van der Waals surface area contributed by atoms with Crippen LogP contribution in [-0.4, -0.2) is 16.4 Å². The first-order chi connectivity index (χ1) is 31.5. The Morgan fingerprint density at radius 1 is 0.359 bits per heavy atom. The Labute approximate surface area is 369 Å². The van der Waals surface area contributed by atoms with Gasteiger partial charge in [0.15, 0.2) is 0 Å². The molecule has 0 fully saturated rings. The maximum Gasteiger partial charge on any atom is 0.268 e. The molecule has 0 aliphatic carbocycles. The second kappa shape index (κ2) is 15.4. The minimum absolute atomic E-state index is 0.309. The summed E-state index contributed by atoms with van der Waals surface area (Å²) in [5.41, 5.74) is 13.5. The number of carbonyl (C=O) groups is 2. The Morgan fingerprint density at radius 2 is 0.797 bits per heavy atom. The minimum atomic E-state index is -0.418. The van der Waals surface area contributed by atoms with Crippen LogP contribution in [0.15, 0.2) is 206 Å². The van der Waals surface area contributed by atoms with Crippen molar-refractivity contribution in [1.29, 1.82) is 10.5 Å². The molecule has 298 valence electrons. The van der Waals surface area contributed by atoms with Crippen molar-refractivity contribution in [2.45, 2.75) is 0 Å². The number of aromatic nitrogens is 1. The van der Waals surface area contributed by atoms with Crippen LogP contribution in [0.5, 0.6) is 0 Å². The van der Waals surface area contributed by atoms with Gasteiger partial charge in [-0.3, -0.25) is 9.59 Å². The number of benzene rings is 9. The predicted molar refractivity (Wildman–Crippen MR) is 255 cm³/mol. The molecule has 0 bridgehead atoms. The Balaban J connectivity index is 1.16. The van der Waals surface area contributed by atoms with Gasteiger partial charge < -0.3 is 4.57 Å². The predicted octanol–water partition coefficient (Wildman–Crippen LogP) is 13.7. The summed E-state index contributed by atoms with van der Waals surface area (Å²) >= 11 is 0. The van der Waals surface area contributed by atoms with Crippen LogP contribution < -0.4 is 4.90 Å². The van der Waals surface area contributed by atoms with E-state index >= 15 is 9.59 Å². The van der Waals surface area contributed by atoms with Crippen LogP contribution in [0.2, 0.25) is 0 Å². The van der Waals surface area contributed by atoms with Gasteiger partial charge in [-0.25, -0.2) is 4.90 Å². The summed E-state index contributed by atoms with van der Waals surface area (Å²) < 4.78 is 2.10. The zero-order valence-corrected chi connectivity index (χ0v) is 34.2. The van der Waals surface area contributed by atoms with Gasteiger partial charge in [-0.1, -0.05) is 146 Å². The van der Waals surface area contributed by atoms with E-state index < -0.39 is 11.8 Å². The molecular weight excluding hydrogens is 785 g/mol. The van der Waals surface area contributed by atoms with Gasteiger partial charge in [0.2, 0.25) is 0 Å². The fourth-order valence-electron chi connectivity index (χ4n) is 9.12. The zero-order chi connectivity index (χ0) is 43.3. The van der Waals surface area contributed by atoms with E-state index in [1.807, 2.05) is 140 Å². The Morgan fingerprint density at radius 3 is 1.27 bits per heavy atom. The first-order valence-electron chi connectivity index (χ1n) is 20.9. The van der Waals surface area contributed by atoms with Crippen LogP contribution in [0.1, 0.15) is 31.8 Å². The van der Waals surface area contributed by atoms with E-state index in [4.69, 9.17) is 0 Å². The first kappa shape index (κ1) is 37.9. The third-order valence-corrected chi connectivity index (χ3v) is 12.2. The molecule has 0 unspecified atom stereocenters. The first-order valence-corrected chi connectivity index (χ1v) is 20.9. The molecule has 2 amide bonds. The summed E-state index contributed by atoms with van der Waals surface area (Å²) in [4.78, 5) is 32.2. The fourth-order valence-corrected chi connectivity index (χ4v) is 9.12. The van der Waals surface area contributed by atoms with E-state index in [0.717, 1.165) is 77.4 Å². The topological polar surface area (TPSA) is 89.9 Å². The number of amides is 2. The molecule has 6 nitrogen and oxygen atoms in total. The highest BCUT2D eigenvalue weighted by atomic mass is 16.2. The van der Waals surface area contributed by atoms with Crippen LogP contribution in [0.4, 0.5) is 5.69 Å². The third kappa shape index (κ3) is 6.26. The average Bonchev–Trinajstić information content (AvgIpc) is 3.83. The van der Waals surface area contributed by atoms with Gasteiger partial charge in [-0.05, 0) is 105 Å². The van der Waals surface area contributed by atoms with Crippen molar-refractivity contribution in [1.82, 2.24) is 4.57 Å². The summed E-state index contributed by atoms with van der Waals surface area (Å²) in [6.45, 7) is 0. The molecule has 1 aromatic heterocycles. The third-order valence-electron chi connectivity index (χ3n) is 12.2. The summed E-state index contributed by atoms with van der Waals surface area (Å²) in [5, 5.41) is 21.0. The molecule has 9 aromatic carbocycles. The van der Waals surface area contributed by atoms with Crippen LogP contribution >= 0.6 is 0 Å². The summed E-state index contributed by atoms with van der Waals surface area (Å²) in [6, 6.07) is 71.6. The molecule has 0 spiro atoms. The van der Waals surface area contributed by atoms with Crippen LogP contribution in [0.25, 0.3) is 83.1 Å². The van der Waals surface area contributed by atoms with Crippen LogP contribution in [0.3, 0.4) is 0 Å². The Bertz CT molecular complexity index is 3410. The molecule has 6 heteroatoms. The van der Waals surface area contributed by atoms with Gasteiger partial charge in [-0.2, -0.15) is 10.5 Å². The van der Waals surface area contributed by atoms with Crippen molar-refractivity contribution in [3.8, 4) is 73.5 Å². The monoisotopic (exact) mass is 818 g/mol. The van der Waals surface area contributed by atoms with E-state index in [0.29, 0.717) is 33.6 Å². The molecule has 0 N–H and O–H groups in total. The quantitative estimate of drug-likeness (QED) is 0.150. The smallest absolute Gasteiger partial charge is 0.268 e. The molecule has 2 heterocycles. The normalized spacial score (nSPS) is 12.1. The number of rotatable bonds is 7. The molecule has 10 aromatic rings. The van der Waals surface area contributed by atoms with Gasteiger partial charge in [0.25, 0.3) is 11.8 Å². The van der Waals surface area contributed by atoms with Gasteiger partial charge >= 0.3 is 0 Å². The number of imide groups is 1. The fraction of sp³-hybridized carbons (Fsp3) is 0. The molecule has 11 rings (SSSR count). The van der Waals surface area contributed by atoms with Crippen molar-refractivity contribution in [3.05, 3.63) is 229 Å². The lowest BCUT2D eigenvalue weighted by molar-refractivity contribution is 0.0926. The zero-order valence-electron chi connectivity index (χ0n) is 34.2. The van der Waals surface area contributed by atoms with E-state index in [2.05, 4.69) is 77.4 Å². The molecule has 64 heavy (non-hydrogen) atoms. The lowest BCUT2D eigenvalue weighted by Gasteiger charge is -2.24. The number of nitriles is 2. The molecular formula is C58H34N4O2. The van der Waals surface area contributed by atoms with E-state index in [-0.39, 0.29) is 0 Å². The second-order valence-electron chi connectivity index (χ2n) is 15.8. The number of anilines is 1. The molecule has 0 atom stereocenters. The standard InChI is InChI=1S/C58H34N4O2/c59-35-37-19-23-40(24-20-37)44-27-29-47-48-30-28-45(41-25-21-38(36-60)22-26-41)34-54(48)61(53(47)33-44)52-18-10-17-49-55(52)58(64)62(57(49)63)56-50(42-13-6-2-7-14-42)31-46(39-11-4-1-5-12-39)32-51(56)43-15-8-3-9-16-43/h1-34H. The highest BCUT2D eigenvalue weighted by molar-refractivity contribution is 6.37.